The Morgan fingerprint density at radius 3 is 2.34 bits per heavy atom. The molecule has 0 spiro atoms. The molecule has 9 nitrogen and oxygen atoms in total. The van der Waals surface area contributed by atoms with E-state index in [0.717, 1.165) is 42.6 Å². The van der Waals surface area contributed by atoms with Gasteiger partial charge < -0.3 is 25.7 Å². The fourth-order valence-electron chi connectivity index (χ4n) is 5.50. The van der Waals surface area contributed by atoms with Crippen molar-refractivity contribution in [2.75, 3.05) is 40.3 Å². The molecule has 0 aromatic heterocycles. The van der Waals surface area contributed by atoms with Gasteiger partial charge in [0, 0.05) is 33.0 Å². The highest BCUT2D eigenvalue weighted by Gasteiger charge is 2.32. The summed E-state index contributed by atoms with van der Waals surface area (Å²) < 4.78 is 37.9. The predicted octanol–water partition coefficient (Wildman–Crippen LogP) is 2.50. The van der Waals surface area contributed by atoms with E-state index < -0.39 is 61.2 Å². The standard InChI is InChI=1S/C32H47F3N4O5/c1-4-11-27(40)30(43)26(19-24-14-9-6-10-15-24)37-28(41)21-36-31(44)25(18-23-12-7-5-8-13-23)20-29(42)39(3)17-16-38(2)22-32(33,34)35/h1,5,7-8,12-13,24-27,30,40,43H,6,9-11,14-22H2,2-3H3,(H,36,44)(H,37,41)/t25-,26+,27+,30-/m1/s1. The van der Waals surface area contributed by atoms with Gasteiger partial charge in [-0.3, -0.25) is 19.3 Å². The Morgan fingerprint density at radius 2 is 1.73 bits per heavy atom. The Bertz CT molecular complexity index is 1080. The number of halogens is 3. The first-order valence-electron chi connectivity index (χ1n) is 15.2. The van der Waals surface area contributed by atoms with Crippen molar-refractivity contribution >= 4 is 17.7 Å². The normalized spacial score (nSPS) is 16.8. The van der Waals surface area contributed by atoms with E-state index in [2.05, 4.69) is 16.6 Å². The molecule has 0 radical (unpaired) electrons. The molecule has 1 aliphatic carbocycles. The van der Waals surface area contributed by atoms with Crippen LogP contribution in [0.15, 0.2) is 30.3 Å². The number of aliphatic hydroxyl groups excluding tert-OH is 2. The molecule has 4 N–H and O–H groups in total. The van der Waals surface area contributed by atoms with Crippen LogP contribution >= 0.6 is 0 Å². The molecular formula is C32H47F3N4O5. The van der Waals surface area contributed by atoms with E-state index >= 15 is 0 Å². The number of amides is 3. The lowest BCUT2D eigenvalue weighted by atomic mass is 9.83. The minimum atomic E-state index is -4.35. The Labute approximate surface area is 258 Å². The summed E-state index contributed by atoms with van der Waals surface area (Å²) in [6.45, 7) is -1.46. The van der Waals surface area contributed by atoms with Crippen LogP contribution in [0.3, 0.4) is 0 Å². The van der Waals surface area contributed by atoms with Crippen molar-refractivity contribution in [1.29, 1.82) is 0 Å². The first-order valence-corrected chi connectivity index (χ1v) is 15.2. The first kappa shape index (κ1) is 37.0. The van der Waals surface area contributed by atoms with Gasteiger partial charge >= 0.3 is 6.18 Å². The maximum Gasteiger partial charge on any atom is 0.401 e. The minimum absolute atomic E-state index is 0.00137. The molecule has 44 heavy (non-hydrogen) atoms. The van der Waals surface area contributed by atoms with Crippen LogP contribution in [-0.4, -0.2) is 102 Å². The number of nitrogens with one attached hydrogen (secondary N) is 2. The van der Waals surface area contributed by atoms with Gasteiger partial charge in [-0.2, -0.15) is 13.2 Å². The summed E-state index contributed by atoms with van der Waals surface area (Å²) in [5.74, 6) is 0.263. The molecule has 1 aromatic carbocycles. The Balaban J connectivity index is 2.02. The van der Waals surface area contributed by atoms with Crippen LogP contribution in [0.25, 0.3) is 0 Å². The van der Waals surface area contributed by atoms with E-state index in [4.69, 9.17) is 6.42 Å². The van der Waals surface area contributed by atoms with Crippen molar-refractivity contribution in [3.05, 3.63) is 35.9 Å². The summed E-state index contributed by atoms with van der Waals surface area (Å²) in [4.78, 5) is 41.5. The van der Waals surface area contributed by atoms with Gasteiger partial charge in [0.15, 0.2) is 0 Å². The molecule has 0 unspecified atom stereocenters. The van der Waals surface area contributed by atoms with Crippen molar-refractivity contribution in [3.8, 4) is 12.3 Å². The lowest BCUT2D eigenvalue weighted by Gasteiger charge is -2.32. The van der Waals surface area contributed by atoms with Crippen LogP contribution < -0.4 is 10.6 Å². The molecule has 1 aliphatic rings. The highest BCUT2D eigenvalue weighted by molar-refractivity contribution is 5.89. The van der Waals surface area contributed by atoms with E-state index in [0.29, 0.717) is 6.42 Å². The summed E-state index contributed by atoms with van der Waals surface area (Å²) in [5, 5.41) is 26.4. The minimum Gasteiger partial charge on any atom is -0.389 e. The molecular weight excluding hydrogens is 577 g/mol. The smallest absolute Gasteiger partial charge is 0.389 e. The highest BCUT2D eigenvalue weighted by Crippen LogP contribution is 2.28. The molecule has 0 saturated heterocycles. The van der Waals surface area contributed by atoms with Crippen molar-refractivity contribution in [2.45, 2.75) is 82.2 Å². The number of hydrogen-bond acceptors (Lipinski definition) is 6. The number of nitrogens with zero attached hydrogens (tertiary/aromatic N) is 2. The van der Waals surface area contributed by atoms with Gasteiger partial charge in [0.2, 0.25) is 17.7 Å². The van der Waals surface area contributed by atoms with Crippen molar-refractivity contribution in [3.63, 3.8) is 0 Å². The topological polar surface area (TPSA) is 122 Å². The molecule has 2 rings (SSSR count). The molecule has 1 fully saturated rings. The van der Waals surface area contributed by atoms with Crippen molar-refractivity contribution in [2.24, 2.45) is 11.8 Å². The van der Waals surface area contributed by atoms with Gasteiger partial charge in [0.1, 0.15) is 6.10 Å². The third-order valence-electron chi connectivity index (χ3n) is 8.02. The van der Waals surface area contributed by atoms with Gasteiger partial charge in [-0.1, -0.05) is 62.4 Å². The SMILES string of the molecule is C#CC[C@H](O)[C@H](O)[C@H](CC1CCCCC1)NC(=O)CNC(=O)[C@@H](CC(=O)N(C)CCN(C)CC(F)(F)F)Cc1ccccc1. The van der Waals surface area contributed by atoms with Crippen LogP contribution in [0.5, 0.6) is 0 Å². The lowest BCUT2D eigenvalue weighted by molar-refractivity contribution is -0.144. The second-order valence-electron chi connectivity index (χ2n) is 11.9. The largest absolute Gasteiger partial charge is 0.401 e. The van der Waals surface area contributed by atoms with E-state index in [1.807, 2.05) is 18.2 Å². The van der Waals surface area contributed by atoms with Crippen LogP contribution in [0.4, 0.5) is 13.2 Å². The zero-order valence-corrected chi connectivity index (χ0v) is 25.7. The molecule has 1 saturated carbocycles. The Morgan fingerprint density at radius 1 is 1.07 bits per heavy atom. The summed E-state index contributed by atoms with van der Waals surface area (Å²) >= 11 is 0. The van der Waals surface area contributed by atoms with Crippen LogP contribution in [-0.2, 0) is 20.8 Å². The molecule has 246 valence electrons. The van der Waals surface area contributed by atoms with Gasteiger partial charge in [0.05, 0.1) is 31.2 Å². The second kappa shape index (κ2) is 18.6. The van der Waals surface area contributed by atoms with Crippen LogP contribution in [0.1, 0.15) is 56.9 Å². The second-order valence-corrected chi connectivity index (χ2v) is 11.9. The molecule has 4 atom stereocenters. The van der Waals surface area contributed by atoms with E-state index in [1.165, 1.54) is 19.0 Å². The molecule has 12 heteroatoms. The van der Waals surface area contributed by atoms with E-state index in [1.54, 1.807) is 12.1 Å². The quantitative estimate of drug-likeness (QED) is 0.198. The Hall–Kier alpha value is -3.14. The van der Waals surface area contributed by atoms with E-state index in [9.17, 15) is 37.8 Å². The van der Waals surface area contributed by atoms with Crippen molar-refractivity contribution < 1.29 is 37.8 Å². The maximum atomic E-state index is 13.3. The van der Waals surface area contributed by atoms with E-state index in [-0.39, 0.29) is 38.3 Å². The number of alkyl halides is 3. The zero-order chi connectivity index (χ0) is 32.7. The number of likely N-dealkylation sites (N-methyl/N-ethyl adjacent to an activating group) is 2. The lowest BCUT2D eigenvalue weighted by Crippen LogP contribution is -2.52. The van der Waals surface area contributed by atoms with Gasteiger partial charge in [-0.25, -0.2) is 0 Å². The molecule has 0 heterocycles. The first-order chi connectivity index (χ1) is 20.8. The predicted molar refractivity (Wildman–Crippen MR) is 161 cm³/mol. The van der Waals surface area contributed by atoms with Gasteiger partial charge in [-0.15, -0.1) is 12.3 Å². The number of hydrogen-bond donors (Lipinski definition) is 4. The summed E-state index contributed by atoms with van der Waals surface area (Å²) in [7, 11) is 2.79. The van der Waals surface area contributed by atoms with Gasteiger partial charge in [0.25, 0.3) is 0 Å². The van der Waals surface area contributed by atoms with Gasteiger partial charge in [-0.05, 0) is 31.4 Å². The number of rotatable bonds is 17. The molecule has 1 aromatic rings. The maximum absolute atomic E-state index is 13.3. The van der Waals surface area contributed by atoms with Crippen molar-refractivity contribution in [1.82, 2.24) is 20.4 Å². The van der Waals surface area contributed by atoms with Crippen LogP contribution in [0, 0.1) is 24.2 Å². The summed E-state index contributed by atoms with van der Waals surface area (Å²) in [6, 6.07) is 8.29. The number of benzene rings is 1. The Kier molecular flexibility index (Phi) is 15.7. The molecule has 3 amide bonds. The monoisotopic (exact) mass is 624 g/mol. The zero-order valence-electron chi connectivity index (χ0n) is 25.7. The third-order valence-corrected chi connectivity index (χ3v) is 8.02. The fraction of sp³-hybridized carbons (Fsp3) is 0.656. The summed E-state index contributed by atoms with van der Waals surface area (Å²) in [6.07, 6.45) is 4.05. The average molecular weight is 625 g/mol. The highest BCUT2D eigenvalue weighted by atomic mass is 19.4. The van der Waals surface area contributed by atoms with Crippen LogP contribution in [0.2, 0.25) is 0 Å². The fourth-order valence-corrected chi connectivity index (χ4v) is 5.50. The number of terminal acetylenes is 1. The molecule has 0 aliphatic heterocycles. The number of aliphatic hydroxyl groups is 2. The molecule has 0 bridgehead atoms. The summed E-state index contributed by atoms with van der Waals surface area (Å²) in [5.41, 5.74) is 0.802. The number of carbonyl (C=O) groups is 3. The third kappa shape index (κ3) is 14.1. The average Bonchev–Trinajstić information content (AvgIpc) is 2.97. The number of carbonyl (C=O) groups excluding carboxylic acids is 3.